The first-order valence-corrected chi connectivity index (χ1v) is 7.05. The van der Waals surface area contributed by atoms with Crippen molar-refractivity contribution in [2.45, 2.75) is 32.4 Å². The van der Waals surface area contributed by atoms with Crippen molar-refractivity contribution >= 4 is 5.65 Å². The third kappa shape index (κ3) is 2.65. The second-order valence-corrected chi connectivity index (χ2v) is 5.56. The summed E-state index contributed by atoms with van der Waals surface area (Å²) in [6.07, 6.45) is 6.13. The monoisotopic (exact) mass is 259 g/mol. The van der Waals surface area contributed by atoms with Gasteiger partial charge >= 0.3 is 0 Å². The highest BCUT2D eigenvalue weighted by Gasteiger charge is 2.23. The molecule has 0 spiro atoms. The largest absolute Gasteiger partial charge is 0.393 e. The van der Waals surface area contributed by atoms with E-state index in [1.807, 2.05) is 31.3 Å². The van der Waals surface area contributed by atoms with Crippen molar-refractivity contribution in [1.29, 1.82) is 0 Å². The molecule has 1 aliphatic heterocycles. The van der Waals surface area contributed by atoms with Crippen molar-refractivity contribution in [3.63, 3.8) is 0 Å². The minimum atomic E-state index is -0.204. The zero-order valence-electron chi connectivity index (χ0n) is 11.4. The summed E-state index contributed by atoms with van der Waals surface area (Å²) in [7, 11) is 0. The Morgan fingerprint density at radius 2 is 2.37 bits per heavy atom. The molecule has 19 heavy (non-hydrogen) atoms. The highest BCUT2D eigenvalue weighted by Crippen LogP contribution is 2.21. The average Bonchev–Trinajstić information content (AvgIpc) is 2.83. The summed E-state index contributed by atoms with van der Waals surface area (Å²) < 4.78 is 2.14. The third-order valence-electron chi connectivity index (χ3n) is 4.10. The molecule has 3 rings (SSSR count). The number of aromatic nitrogens is 2. The molecule has 0 saturated carbocycles. The van der Waals surface area contributed by atoms with Gasteiger partial charge in [-0.15, -0.1) is 0 Å². The van der Waals surface area contributed by atoms with Crippen LogP contribution in [0.2, 0.25) is 0 Å². The van der Waals surface area contributed by atoms with Gasteiger partial charge in [0, 0.05) is 19.3 Å². The summed E-state index contributed by atoms with van der Waals surface area (Å²) >= 11 is 0. The van der Waals surface area contributed by atoms with Crippen LogP contribution in [0.3, 0.4) is 0 Å². The fourth-order valence-corrected chi connectivity index (χ4v) is 2.96. The highest BCUT2D eigenvalue weighted by atomic mass is 16.3. The number of nitrogens with zero attached hydrogens (tertiary/aromatic N) is 3. The first-order chi connectivity index (χ1) is 9.24. The van der Waals surface area contributed by atoms with E-state index in [-0.39, 0.29) is 6.10 Å². The number of aliphatic hydroxyl groups is 1. The van der Waals surface area contributed by atoms with Gasteiger partial charge in [-0.25, -0.2) is 4.98 Å². The summed E-state index contributed by atoms with van der Waals surface area (Å²) in [5, 5.41) is 9.75. The molecule has 2 aromatic heterocycles. The maximum absolute atomic E-state index is 9.75. The number of pyridine rings is 1. The molecule has 1 fully saturated rings. The van der Waals surface area contributed by atoms with E-state index in [2.05, 4.69) is 20.5 Å². The molecule has 0 radical (unpaired) electrons. The Hall–Kier alpha value is -1.39. The molecule has 4 heteroatoms. The van der Waals surface area contributed by atoms with E-state index in [9.17, 15) is 5.11 Å². The van der Waals surface area contributed by atoms with Crippen molar-refractivity contribution in [3.05, 3.63) is 36.3 Å². The molecule has 3 heterocycles. The standard InChI is InChI=1S/C15H21N3O/c1-12(19)13-5-4-7-17(10-13)11-14-9-16-15-6-2-3-8-18(14)15/h2-3,6,8-9,12-13,19H,4-5,7,10-11H2,1H3. The molecular formula is C15H21N3O. The van der Waals surface area contributed by atoms with Gasteiger partial charge in [-0.3, -0.25) is 4.90 Å². The van der Waals surface area contributed by atoms with Crippen molar-refractivity contribution in [2.24, 2.45) is 5.92 Å². The average molecular weight is 259 g/mol. The molecule has 0 bridgehead atoms. The lowest BCUT2D eigenvalue weighted by Gasteiger charge is -2.33. The minimum Gasteiger partial charge on any atom is -0.393 e. The van der Waals surface area contributed by atoms with Gasteiger partial charge in [-0.1, -0.05) is 6.07 Å². The molecule has 1 saturated heterocycles. The number of hydrogen-bond acceptors (Lipinski definition) is 3. The number of hydrogen-bond donors (Lipinski definition) is 1. The zero-order valence-corrected chi connectivity index (χ0v) is 11.4. The lowest BCUT2D eigenvalue weighted by molar-refractivity contribution is 0.0593. The Bertz CT molecular complexity index is 549. The van der Waals surface area contributed by atoms with E-state index >= 15 is 0 Å². The quantitative estimate of drug-likeness (QED) is 0.915. The maximum Gasteiger partial charge on any atom is 0.136 e. The van der Waals surface area contributed by atoms with Gasteiger partial charge in [0.2, 0.25) is 0 Å². The van der Waals surface area contributed by atoms with Crippen LogP contribution in [-0.4, -0.2) is 38.6 Å². The van der Waals surface area contributed by atoms with Gasteiger partial charge in [-0.2, -0.15) is 0 Å². The van der Waals surface area contributed by atoms with Gasteiger partial charge in [-0.05, 0) is 44.4 Å². The van der Waals surface area contributed by atoms with E-state index in [1.54, 1.807) is 0 Å². The molecular weight excluding hydrogens is 238 g/mol. The predicted molar refractivity (Wildman–Crippen MR) is 74.9 cm³/mol. The Morgan fingerprint density at radius 1 is 1.47 bits per heavy atom. The van der Waals surface area contributed by atoms with Crippen LogP contribution in [0.4, 0.5) is 0 Å². The topological polar surface area (TPSA) is 40.8 Å². The fourth-order valence-electron chi connectivity index (χ4n) is 2.96. The van der Waals surface area contributed by atoms with Crippen molar-refractivity contribution in [1.82, 2.24) is 14.3 Å². The van der Waals surface area contributed by atoms with E-state index in [4.69, 9.17) is 0 Å². The number of rotatable bonds is 3. The third-order valence-corrected chi connectivity index (χ3v) is 4.10. The first kappa shape index (κ1) is 12.6. The van der Waals surface area contributed by atoms with Gasteiger partial charge in [0.05, 0.1) is 18.0 Å². The number of piperidine rings is 1. The van der Waals surface area contributed by atoms with E-state index in [0.29, 0.717) is 5.92 Å². The van der Waals surface area contributed by atoms with Crippen LogP contribution in [0, 0.1) is 5.92 Å². The number of imidazole rings is 1. The van der Waals surface area contributed by atoms with Crippen molar-refractivity contribution < 1.29 is 5.11 Å². The van der Waals surface area contributed by atoms with Crippen LogP contribution in [0.1, 0.15) is 25.5 Å². The molecule has 0 aromatic carbocycles. The summed E-state index contributed by atoms with van der Waals surface area (Å²) in [4.78, 5) is 6.85. The van der Waals surface area contributed by atoms with E-state index in [1.165, 1.54) is 12.1 Å². The van der Waals surface area contributed by atoms with Gasteiger partial charge < -0.3 is 9.51 Å². The van der Waals surface area contributed by atoms with Crippen LogP contribution in [-0.2, 0) is 6.54 Å². The minimum absolute atomic E-state index is 0.204. The normalized spacial score (nSPS) is 22.7. The summed E-state index contributed by atoms with van der Waals surface area (Å²) in [6.45, 7) is 4.91. The van der Waals surface area contributed by atoms with Crippen molar-refractivity contribution in [3.8, 4) is 0 Å². The molecule has 0 aliphatic carbocycles. The van der Waals surface area contributed by atoms with Gasteiger partial charge in [0.25, 0.3) is 0 Å². The summed E-state index contributed by atoms with van der Waals surface area (Å²) in [5.74, 6) is 0.410. The molecule has 1 N–H and O–H groups in total. The number of fused-ring (bicyclic) bond motifs is 1. The lowest BCUT2D eigenvalue weighted by atomic mass is 9.93. The maximum atomic E-state index is 9.75. The summed E-state index contributed by atoms with van der Waals surface area (Å²) in [6, 6.07) is 6.07. The van der Waals surface area contributed by atoms with Crippen LogP contribution >= 0.6 is 0 Å². The number of aliphatic hydroxyl groups excluding tert-OH is 1. The number of likely N-dealkylation sites (tertiary alicyclic amines) is 1. The molecule has 2 atom stereocenters. The Balaban J connectivity index is 1.74. The molecule has 2 unspecified atom stereocenters. The zero-order chi connectivity index (χ0) is 13.2. The van der Waals surface area contributed by atoms with Gasteiger partial charge in [0.1, 0.15) is 5.65 Å². The van der Waals surface area contributed by atoms with Crippen LogP contribution < -0.4 is 0 Å². The molecule has 2 aromatic rings. The second-order valence-electron chi connectivity index (χ2n) is 5.56. The second kappa shape index (κ2) is 5.31. The molecule has 1 aliphatic rings. The van der Waals surface area contributed by atoms with E-state index < -0.39 is 0 Å². The smallest absolute Gasteiger partial charge is 0.136 e. The van der Waals surface area contributed by atoms with Gasteiger partial charge in [0.15, 0.2) is 0 Å². The molecule has 4 nitrogen and oxygen atoms in total. The lowest BCUT2D eigenvalue weighted by Crippen LogP contribution is -2.39. The van der Waals surface area contributed by atoms with Crippen LogP contribution in [0.5, 0.6) is 0 Å². The Morgan fingerprint density at radius 3 is 3.21 bits per heavy atom. The van der Waals surface area contributed by atoms with Crippen LogP contribution in [0.25, 0.3) is 5.65 Å². The van der Waals surface area contributed by atoms with Crippen molar-refractivity contribution in [2.75, 3.05) is 13.1 Å². The highest BCUT2D eigenvalue weighted by molar-refractivity contribution is 5.39. The first-order valence-electron chi connectivity index (χ1n) is 7.05. The SMILES string of the molecule is CC(O)C1CCCN(Cc2cnc3ccccn23)C1. The summed E-state index contributed by atoms with van der Waals surface area (Å²) in [5.41, 5.74) is 2.23. The van der Waals surface area contributed by atoms with E-state index in [0.717, 1.165) is 31.7 Å². The Labute approximate surface area is 113 Å². The Kier molecular flexibility index (Phi) is 3.53. The predicted octanol–water partition coefficient (Wildman–Crippen LogP) is 1.93. The fraction of sp³-hybridized carbons (Fsp3) is 0.533. The molecule has 102 valence electrons. The molecule has 0 amide bonds. The van der Waals surface area contributed by atoms with Crippen LogP contribution in [0.15, 0.2) is 30.6 Å².